The van der Waals surface area contributed by atoms with Crippen molar-refractivity contribution in [2.75, 3.05) is 0 Å². The molecule has 0 aliphatic rings. The largest absolute Gasteiger partial charge is 0.309 e. The lowest BCUT2D eigenvalue weighted by atomic mass is 10.0. The standard InChI is InChI=1S/C84H50N8/c1-86-61-35-39-63(40-36-61)90-77-26-10-6-22-67(77)71-48-56(32-42-81(71)90)58-34-44-83-73(50-58)69-24-8-12-28-79(69)92(83)65-20-14-18-60(46-65)75-51-74(87-84(88-75)54-15-3-2-4-16-54)59-17-13-19-64(45-59)91-78-27-11-7-23-68(78)72-49-57(33-43-82(72)91)55-31-41-80-70(47-55)66-21-5-9-25-76(66)89(80)62-37-29-53(52-85)30-38-62/h2-51H. The third-order valence-corrected chi connectivity index (χ3v) is 18.4. The van der Waals surface area contributed by atoms with Crippen LogP contribution in [0.2, 0.25) is 0 Å². The van der Waals surface area contributed by atoms with Crippen molar-refractivity contribution < 1.29 is 0 Å². The van der Waals surface area contributed by atoms with E-state index < -0.39 is 0 Å². The molecule has 0 bridgehead atoms. The van der Waals surface area contributed by atoms with Gasteiger partial charge in [0.15, 0.2) is 11.5 Å². The minimum absolute atomic E-state index is 0.626. The van der Waals surface area contributed by atoms with Crippen molar-refractivity contribution in [2.45, 2.75) is 0 Å². The number of fused-ring (bicyclic) bond motifs is 12. The lowest BCUT2D eigenvalue weighted by Gasteiger charge is -2.13. The van der Waals surface area contributed by atoms with Crippen molar-refractivity contribution in [3.63, 3.8) is 0 Å². The highest BCUT2D eigenvalue weighted by Gasteiger charge is 2.21. The highest BCUT2D eigenvalue weighted by Crippen LogP contribution is 2.42. The number of hydrogen-bond donors (Lipinski definition) is 0. The fraction of sp³-hybridized carbons (Fsp3) is 0. The summed E-state index contributed by atoms with van der Waals surface area (Å²) in [5.74, 6) is 0.651. The fourth-order valence-electron chi connectivity index (χ4n) is 14.2. The van der Waals surface area contributed by atoms with Gasteiger partial charge in [0.1, 0.15) is 0 Å². The summed E-state index contributed by atoms with van der Waals surface area (Å²) in [6.07, 6.45) is 0. The predicted octanol–water partition coefficient (Wildman–Crippen LogP) is 21.6. The van der Waals surface area contributed by atoms with E-state index in [4.69, 9.17) is 16.5 Å². The van der Waals surface area contributed by atoms with Gasteiger partial charge >= 0.3 is 0 Å². The van der Waals surface area contributed by atoms with E-state index in [1.807, 2.05) is 66.7 Å². The molecule has 5 aromatic heterocycles. The van der Waals surface area contributed by atoms with Crippen molar-refractivity contribution in [1.29, 1.82) is 5.26 Å². The molecule has 0 amide bonds. The molecular weight excluding hydrogens is 1120 g/mol. The molecule has 0 aliphatic heterocycles. The SMILES string of the molecule is [C-]#[N+]c1ccc(-n2c3ccccc3c3cc(-c4ccc5c(c4)c4ccccc4n5-c4cccc(-c5cc(-c6cccc(-n7c8ccccc8c8cc(-c9ccc%10c(c9)c9ccccc9n%10-c9ccc(C#N)cc9)ccc87)c6)nc(-c6ccccc6)n5)c4)ccc32)cc1. The Kier molecular flexibility index (Phi) is 11.9. The summed E-state index contributed by atoms with van der Waals surface area (Å²) in [4.78, 5) is 14.3. The normalized spacial score (nSPS) is 11.7. The van der Waals surface area contributed by atoms with Crippen molar-refractivity contribution in [3.05, 3.63) is 320 Å². The van der Waals surface area contributed by atoms with Crippen molar-refractivity contribution >= 4 is 92.9 Å². The summed E-state index contributed by atoms with van der Waals surface area (Å²) in [6, 6.07) is 110. The van der Waals surface area contributed by atoms with Crippen LogP contribution in [0.15, 0.2) is 303 Å². The van der Waals surface area contributed by atoms with E-state index in [9.17, 15) is 5.26 Å². The van der Waals surface area contributed by atoms with E-state index in [2.05, 4.69) is 266 Å². The van der Waals surface area contributed by atoms with E-state index in [-0.39, 0.29) is 0 Å². The molecule has 0 radical (unpaired) electrons. The van der Waals surface area contributed by atoms with E-state index in [1.165, 1.54) is 43.1 Å². The van der Waals surface area contributed by atoms with Gasteiger partial charge in [0.25, 0.3) is 0 Å². The molecule has 0 saturated heterocycles. The van der Waals surface area contributed by atoms with E-state index in [0.717, 1.165) is 117 Å². The lowest BCUT2D eigenvalue weighted by molar-refractivity contribution is 1.16. The molecule has 18 aromatic rings. The second-order valence-corrected chi connectivity index (χ2v) is 23.6. The average molecular weight is 1170 g/mol. The number of hydrogen-bond acceptors (Lipinski definition) is 3. The van der Waals surface area contributed by atoms with Crippen LogP contribution in [-0.2, 0) is 0 Å². The Morgan fingerprint density at radius 1 is 0.272 bits per heavy atom. The van der Waals surface area contributed by atoms with Crippen molar-refractivity contribution in [3.8, 4) is 85.0 Å². The van der Waals surface area contributed by atoms with Crippen LogP contribution in [0.5, 0.6) is 0 Å². The maximum atomic E-state index is 9.53. The second kappa shape index (κ2) is 20.9. The molecule has 0 atom stereocenters. The minimum atomic E-state index is 0.626. The quantitative estimate of drug-likeness (QED) is 0.135. The predicted molar refractivity (Wildman–Crippen MR) is 378 cm³/mol. The molecule has 8 heteroatoms. The van der Waals surface area contributed by atoms with E-state index in [1.54, 1.807) is 0 Å². The fourth-order valence-corrected chi connectivity index (χ4v) is 14.2. The Hall–Kier alpha value is -12.9. The Balaban J connectivity index is 0.716. The van der Waals surface area contributed by atoms with Crippen LogP contribution in [0.3, 0.4) is 0 Å². The lowest BCUT2D eigenvalue weighted by Crippen LogP contribution is -1.99. The number of nitrogens with zero attached hydrogens (tertiary/aromatic N) is 8. The third-order valence-electron chi connectivity index (χ3n) is 18.4. The summed E-state index contributed by atoms with van der Waals surface area (Å²) < 4.78 is 9.34. The van der Waals surface area contributed by atoms with Gasteiger partial charge in [0.05, 0.1) is 73.7 Å². The molecule has 13 aromatic carbocycles. The monoisotopic (exact) mass is 1170 g/mol. The molecule has 18 rings (SSSR count). The van der Waals surface area contributed by atoms with E-state index >= 15 is 0 Å². The summed E-state index contributed by atoms with van der Waals surface area (Å²) >= 11 is 0. The number of aromatic nitrogens is 6. The zero-order valence-corrected chi connectivity index (χ0v) is 49.4. The number of benzene rings is 13. The molecule has 0 spiro atoms. The Bertz CT molecular complexity index is 5790. The molecule has 0 fully saturated rings. The number of para-hydroxylation sites is 4. The van der Waals surface area contributed by atoms with Gasteiger partial charge in [0, 0.05) is 82.5 Å². The smallest absolute Gasteiger partial charge is 0.187 e. The molecule has 8 nitrogen and oxygen atoms in total. The first-order chi connectivity index (χ1) is 45.5. The summed E-state index contributed by atoms with van der Waals surface area (Å²) in [5, 5.41) is 18.9. The highest BCUT2D eigenvalue weighted by atomic mass is 15.0. The summed E-state index contributed by atoms with van der Waals surface area (Å²) in [6.45, 7) is 7.51. The van der Waals surface area contributed by atoms with Crippen molar-refractivity contribution in [2.24, 2.45) is 0 Å². The van der Waals surface area contributed by atoms with Crippen molar-refractivity contribution in [1.82, 2.24) is 28.2 Å². The molecule has 426 valence electrons. The first-order valence-electron chi connectivity index (χ1n) is 30.8. The Morgan fingerprint density at radius 3 is 0.989 bits per heavy atom. The molecule has 0 N–H and O–H groups in total. The van der Waals surface area contributed by atoms with Gasteiger partial charge < -0.3 is 18.3 Å². The maximum Gasteiger partial charge on any atom is 0.187 e. The van der Waals surface area contributed by atoms with Gasteiger partial charge in [0.2, 0.25) is 0 Å². The van der Waals surface area contributed by atoms with Gasteiger partial charge in [-0.05, 0) is 162 Å². The summed E-state index contributed by atoms with van der Waals surface area (Å²) in [7, 11) is 0. The van der Waals surface area contributed by atoms with Gasteiger partial charge in [-0.3, -0.25) is 0 Å². The minimum Gasteiger partial charge on any atom is -0.309 e. The van der Waals surface area contributed by atoms with Gasteiger partial charge in [-0.15, -0.1) is 0 Å². The molecule has 5 heterocycles. The number of nitriles is 1. The summed E-state index contributed by atoms with van der Waals surface area (Å²) in [5.41, 5.74) is 23.4. The highest BCUT2D eigenvalue weighted by molar-refractivity contribution is 6.15. The van der Waals surface area contributed by atoms with Gasteiger partial charge in [-0.2, -0.15) is 5.26 Å². The van der Waals surface area contributed by atoms with Crippen LogP contribution < -0.4 is 0 Å². The van der Waals surface area contributed by atoms with Crippen LogP contribution in [0.25, 0.3) is 171 Å². The first-order valence-corrected chi connectivity index (χ1v) is 30.8. The topological polar surface area (TPSA) is 73.7 Å². The number of rotatable bonds is 9. The van der Waals surface area contributed by atoms with Gasteiger partial charge in [-0.1, -0.05) is 164 Å². The van der Waals surface area contributed by atoms with Gasteiger partial charge in [-0.25, -0.2) is 14.8 Å². The average Bonchev–Trinajstić information content (AvgIpc) is 1.60. The molecule has 0 unspecified atom stereocenters. The zero-order chi connectivity index (χ0) is 61.0. The van der Waals surface area contributed by atoms with E-state index in [0.29, 0.717) is 17.1 Å². The van der Waals surface area contributed by atoms with Crippen LogP contribution in [0, 0.1) is 17.9 Å². The van der Waals surface area contributed by atoms with Crippen LogP contribution >= 0.6 is 0 Å². The molecule has 0 aliphatic carbocycles. The van der Waals surface area contributed by atoms with Crippen LogP contribution in [-0.4, -0.2) is 28.2 Å². The first kappa shape index (κ1) is 52.3. The zero-order valence-electron chi connectivity index (χ0n) is 49.4. The second-order valence-electron chi connectivity index (χ2n) is 23.6. The third kappa shape index (κ3) is 8.37. The Morgan fingerprint density at radius 2 is 0.609 bits per heavy atom. The van der Waals surface area contributed by atoms with Crippen LogP contribution in [0.4, 0.5) is 5.69 Å². The molecule has 92 heavy (non-hydrogen) atoms. The molecule has 0 saturated carbocycles. The van der Waals surface area contributed by atoms with Crippen LogP contribution in [0.1, 0.15) is 5.56 Å². The maximum absolute atomic E-state index is 9.53. The Labute approximate surface area is 528 Å². The molecular formula is C84H50N8.